The van der Waals surface area contributed by atoms with Crippen molar-refractivity contribution < 1.29 is 4.74 Å². The highest BCUT2D eigenvalue weighted by Gasteiger charge is 2.12. The number of thiophene rings is 1. The Bertz CT molecular complexity index is 608. The molecule has 0 fully saturated rings. The zero-order chi connectivity index (χ0) is 13.8. The summed E-state index contributed by atoms with van der Waals surface area (Å²) in [7, 11) is 1.71. The van der Waals surface area contributed by atoms with Gasteiger partial charge in [0.05, 0.1) is 7.11 Å². The van der Waals surface area contributed by atoms with Gasteiger partial charge in [0.15, 0.2) is 0 Å². The topological polar surface area (TPSA) is 9.23 Å². The summed E-state index contributed by atoms with van der Waals surface area (Å²) >= 11 is 1.77. The Morgan fingerprint density at radius 2 is 2.00 bits per heavy atom. The minimum absolute atomic E-state index is 0.863. The second kappa shape index (κ2) is 5.89. The van der Waals surface area contributed by atoms with Crippen molar-refractivity contribution in [1.82, 2.24) is 0 Å². The molecule has 1 aromatic heterocycles. The first-order valence-corrected chi connectivity index (χ1v) is 7.07. The quantitative estimate of drug-likeness (QED) is 0.747. The van der Waals surface area contributed by atoms with Gasteiger partial charge in [-0.1, -0.05) is 31.4 Å². The molecule has 0 aliphatic rings. The molecule has 0 atom stereocenters. The molecule has 2 heteroatoms. The summed E-state index contributed by atoms with van der Waals surface area (Å²) in [6, 6.07) is 6.20. The number of methoxy groups -OCH3 is 1. The maximum absolute atomic E-state index is 5.50. The number of aryl methyl sites for hydroxylation is 1. The third-order valence-electron chi connectivity index (χ3n) is 3.33. The molecule has 0 unspecified atom stereocenters. The molecular weight excluding hydrogens is 252 g/mol. The first-order valence-electron chi connectivity index (χ1n) is 6.19. The Balaban J connectivity index is 2.55. The fraction of sp³-hybridized carbons (Fsp3) is 0.176. The van der Waals surface area contributed by atoms with Crippen LogP contribution in [0.25, 0.3) is 12.2 Å². The molecule has 0 aliphatic carbocycles. The second-order valence-electron chi connectivity index (χ2n) is 4.34. The Morgan fingerprint density at radius 1 is 1.21 bits per heavy atom. The minimum Gasteiger partial charge on any atom is -0.496 e. The van der Waals surface area contributed by atoms with Crippen molar-refractivity contribution in [3.05, 3.63) is 63.9 Å². The molecule has 1 nitrogen and oxygen atoms in total. The van der Waals surface area contributed by atoms with Gasteiger partial charge in [-0.05, 0) is 41.1 Å². The van der Waals surface area contributed by atoms with E-state index in [-0.39, 0.29) is 0 Å². The average Bonchev–Trinajstić information content (AvgIpc) is 2.83. The number of hydrogen-bond donors (Lipinski definition) is 0. The summed E-state index contributed by atoms with van der Waals surface area (Å²) in [4.78, 5) is 1.35. The molecule has 2 aromatic rings. The highest BCUT2D eigenvalue weighted by atomic mass is 32.1. The average molecular weight is 270 g/mol. The van der Waals surface area contributed by atoms with Gasteiger partial charge in [-0.3, -0.25) is 0 Å². The predicted octanol–water partition coefficient (Wildman–Crippen LogP) is 4.94. The lowest BCUT2D eigenvalue weighted by atomic mass is 9.95. The summed E-state index contributed by atoms with van der Waals surface area (Å²) in [5.74, 6) is 0.908. The van der Waals surface area contributed by atoms with Crippen LogP contribution in [-0.2, 0) is 6.42 Å². The maximum atomic E-state index is 5.50. The predicted molar refractivity (Wildman–Crippen MR) is 85.0 cm³/mol. The molecule has 0 saturated heterocycles. The normalized spacial score (nSPS) is 10.2. The van der Waals surface area contributed by atoms with E-state index < -0.39 is 0 Å². The Labute approximate surface area is 118 Å². The third-order valence-corrected chi connectivity index (χ3v) is 4.21. The summed E-state index contributed by atoms with van der Waals surface area (Å²) < 4.78 is 5.50. The second-order valence-corrected chi connectivity index (χ2v) is 5.46. The molecule has 0 aliphatic heterocycles. The lowest BCUT2D eigenvalue weighted by molar-refractivity contribution is 0.410. The van der Waals surface area contributed by atoms with Crippen LogP contribution in [0.15, 0.2) is 36.7 Å². The van der Waals surface area contributed by atoms with Crippen LogP contribution in [0.1, 0.15) is 27.1 Å². The van der Waals surface area contributed by atoms with Gasteiger partial charge in [0.2, 0.25) is 0 Å². The van der Waals surface area contributed by atoms with Gasteiger partial charge >= 0.3 is 0 Å². The minimum atomic E-state index is 0.863. The van der Waals surface area contributed by atoms with Gasteiger partial charge in [0.25, 0.3) is 0 Å². The van der Waals surface area contributed by atoms with Crippen molar-refractivity contribution >= 4 is 23.5 Å². The standard InChI is InChI=1S/C17H18OS/c1-5-13-7-8-17(18-4)16(15(13)6-2)11-14-9-10-19-12(14)3/h5-10H,1-2,11H2,3-4H3. The van der Waals surface area contributed by atoms with Crippen LogP contribution in [0, 0.1) is 6.92 Å². The Kier molecular flexibility index (Phi) is 4.23. The Morgan fingerprint density at radius 3 is 2.53 bits per heavy atom. The van der Waals surface area contributed by atoms with Crippen LogP contribution in [0.3, 0.4) is 0 Å². The number of ether oxygens (including phenoxy) is 1. The van der Waals surface area contributed by atoms with E-state index >= 15 is 0 Å². The first kappa shape index (κ1) is 13.6. The lowest BCUT2D eigenvalue weighted by Gasteiger charge is -2.14. The lowest BCUT2D eigenvalue weighted by Crippen LogP contribution is -1.99. The van der Waals surface area contributed by atoms with Crippen LogP contribution in [0.2, 0.25) is 0 Å². The highest BCUT2D eigenvalue weighted by molar-refractivity contribution is 7.10. The van der Waals surface area contributed by atoms with Crippen LogP contribution < -0.4 is 4.74 Å². The molecule has 2 rings (SSSR count). The van der Waals surface area contributed by atoms with Gasteiger partial charge in [0.1, 0.15) is 5.75 Å². The zero-order valence-corrected chi connectivity index (χ0v) is 12.2. The van der Waals surface area contributed by atoms with E-state index in [2.05, 4.69) is 31.5 Å². The highest BCUT2D eigenvalue weighted by Crippen LogP contribution is 2.31. The monoisotopic (exact) mass is 270 g/mol. The van der Waals surface area contributed by atoms with Crippen LogP contribution in [0.5, 0.6) is 5.75 Å². The number of hydrogen-bond acceptors (Lipinski definition) is 2. The van der Waals surface area contributed by atoms with Crippen LogP contribution >= 0.6 is 11.3 Å². The van der Waals surface area contributed by atoms with E-state index in [1.165, 1.54) is 16.0 Å². The van der Waals surface area contributed by atoms with Crippen LogP contribution in [0.4, 0.5) is 0 Å². The van der Waals surface area contributed by atoms with E-state index in [1.54, 1.807) is 18.4 Å². The van der Waals surface area contributed by atoms with E-state index in [4.69, 9.17) is 4.74 Å². The van der Waals surface area contributed by atoms with Gasteiger partial charge in [-0.15, -0.1) is 11.3 Å². The Hall–Kier alpha value is -1.80. The molecule has 1 heterocycles. The van der Waals surface area contributed by atoms with Crippen molar-refractivity contribution in [3.8, 4) is 5.75 Å². The summed E-state index contributed by atoms with van der Waals surface area (Å²) in [5, 5.41) is 2.13. The van der Waals surface area contributed by atoms with E-state index in [0.29, 0.717) is 0 Å². The maximum Gasteiger partial charge on any atom is 0.123 e. The first-order chi connectivity index (χ1) is 9.21. The van der Waals surface area contributed by atoms with E-state index in [0.717, 1.165) is 23.3 Å². The fourth-order valence-electron chi connectivity index (χ4n) is 2.24. The van der Waals surface area contributed by atoms with Crippen molar-refractivity contribution in [2.75, 3.05) is 7.11 Å². The molecule has 0 N–H and O–H groups in total. The molecule has 0 amide bonds. The third kappa shape index (κ3) is 2.64. The van der Waals surface area contributed by atoms with Gasteiger partial charge < -0.3 is 4.74 Å². The zero-order valence-electron chi connectivity index (χ0n) is 11.4. The van der Waals surface area contributed by atoms with Crippen molar-refractivity contribution in [1.29, 1.82) is 0 Å². The van der Waals surface area contributed by atoms with Crippen molar-refractivity contribution in [2.24, 2.45) is 0 Å². The summed E-state index contributed by atoms with van der Waals surface area (Å²) in [6.45, 7) is 9.94. The summed E-state index contributed by atoms with van der Waals surface area (Å²) in [5.41, 5.74) is 4.72. The molecule has 0 spiro atoms. The SMILES string of the molecule is C=Cc1ccc(OC)c(Cc2ccsc2C)c1C=C. The number of benzene rings is 1. The van der Waals surface area contributed by atoms with Crippen LogP contribution in [-0.4, -0.2) is 7.11 Å². The van der Waals surface area contributed by atoms with E-state index in [1.807, 2.05) is 24.3 Å². The largest absolute Gasteiger partial charge is 0.496 e. The smallest absolute Gasteiger partial charge is 0.123 e. The molecule has 1 aromatic carbocycles. The van der Waals surface area contributed by atoms with E-state index in [9.17, 15) is 0 Å². The molecule has 0 saturated carbocycles. The number of rotatable bonds is 5. The molecule has 0 bridgehead atoms. The molecule has 19 heavy (non-hydrogen) atoms. The van der Waals surface area contributed by atoms with Crippen molar-refractivity contribution in [2.45, 2.75) is 13.3 Å². The van der Waals surface area contributed by atoms with Crippen molar-refractivity contribution in [3.63, 3.8) is 0 Å². The van der Waals surface area contributed by atoms with Gasteiger partial charge in [-0.2, -0.15) is 0 Å². The van der Waals surface area contributed by atoms with Gasteiger partial charge in [0, 0.05) is 16.9 Å². The molecule has 0 radical (unpaired) electrons. The molecule has 98 valence electrons. The molecular formula is C17H18OS. The van der Waals surface area contributed by atoms with Gasteiger partial charge in [-0.25, -0.2) is 0 Å². The fourth-order valence-corrected chi connectivity index (χ4v) is 2.97. The summed E-state index contributed by atoms with van der Waals surface area (Å²) in [6.07, 6.45) is 4.61.